The van der Waals surface area contributed by atoms with Crippen molar-refractivity contribution in [2.75, 3.05) is 0 Å². The second kappa shape index (κ2) is 4.51. The van der Waals surface area contributed by atoms with Crippen molar-refractivity contribution >= 4 is 11.8 Å². The van der Waals surface area contributed by atoms with Crippen LogP contribution in [0.4, 0.5) is 0 Å². The van der Waals surface area contributed by atoms with E-state index in [2.05, 4.69) is 13.5 Å². The lowest BCUT2D eigenvalue weighted by Gasteiger charge is -2.62. The summed E-state index contributed by atoms with van der Waals surface area (Å²) in [5.74, 6) is -0.340. The molecule has 0 radical (unpaired) electrons. The molecule has 0 aromatic heterocycles. The highest BCUT2D eigenvalue weighted by molar-refractivity contribution is 6.04. The van der Waals surface area contributed by atoms with Crippen LogP contribution in [0.15, 0.2) is 12.2 Å². The van der Waals surface area contributed by atoms with Crippen molar-refractivity contribution in [1.29, 1.82) is 0 Å². The molecule has 0 aromatic carbocycles. The molecule has 0 heterocycles. The first-order valence-corrected chi connectivity index (χ1v) is 9.30. The molecule has 2 bridgehead atoms. The SMILES string of the molecule is C=C1C(=O)[C@@]23CC[C@@H]4[C@@](C)(CCC[C@@]4(C)C(=O)O)[C@@H]2CC[C@]1(O)C3. The smallest absolute Gasteiger partial charge is 0.309 e. The summed E-state index contributed by atoms with van der Waals surface area (Å²) in [6, 6.07) is 0. The monoisotopic (exact) mass is 332 g/mol. The lowest BCUT2D eigenvalue weighted by molar-refractivity contribution is -0.187. The molecule has 0 amide bonds. The number of rotatable bonds is 1. The van der Waals surface area contributed by atoms with Crippen LogP contribution in [-0.2, 0) is 9.59 Å². The van der Waals surface area contributed by atoms with E-state index in [1.54, 1.807) is 0 Å². The van der Waals surface area contributed by atoms with E-state index in [1.165, 1.54) is 0 Å². The van der Waals surface area contributed by atoms with Gasteiger partial charge in [-0.15, -0.1) is 0 Å². The van der Waals surface area contributed by atoms with Crippen molar-refractivity contribution in [3.8, 4) is 0 Å². The molecule has 4 heteroatoms. The number of carboxylic acid groups (broad SMARTS) is 1. The molecule has 132 valence electrons. The molecule has 4 nitrogen and oxygen atoms in total. The van der Waals surface area contributed by atoms with Crippen LogP contribution < -0.4 is 0 Å². The minimum atomic E-state index is -1.01. The van der Waals surface area contributed by atoms with Gasteiger partial charge in [-0.3, -0.25) is 9.59 Å². The average Bonchev–Trinajstić information content (AvgIpc) is 2.64. The molecule has 0 aromatic rings. The van der Waals surface area contributed by atoms with Crippen LogP contribution in [0.3, 0.4) is 0 Å². The Labute approximate surface area is 143 Å². The molecule has 6 atom stereocenters. The van der Waals surface area contributed by atoms with E-state index in [0.29, 0.717) is 24.8 Å². The molecule has 4 aliphatic carbocycles. The number of Topliss-reactive ketones (excluding diaryl/α,β-unsaturated/α-hetero) is 1. The normalized spacial score (nSPS) is 53.5. The Morgan fingerprint density at radius 3 is 2.46 bits per heavy atom. The van der Waals surface area contributed by atoms with Gasteiger partial charge in [0.25, 0.3) is 0 Å². The van der Waals surface area contributed by atoms with E-state index >= 15 is 0 Å². The van der Waals surface area contributed by atoms with Gasteiger partial charge in [0, 0.05) is 11.0 Å². The lowest BCUT2D eigenvalue weighted by atomic mass is 9.40. The largest absolute Gasteiger partial charge is 0.481 e. The van der Waals surface area contributed by atoms with Gasteiger partial charge in [-0.05, 0) is 69.1 Å². The van der Waals surface area contributed by atoms with Crippen LogP contribution in [0.2, 0.25) is 0 Å². The van der Waals surface area contributed by atoms with E-state index in [0.717, 1.165) is 32.1 Å². The fourth-order valence-corrected chi connectivity index (χ4v) is 7.37. The molecular formula is C20H28O4. The Bertz CT molecular complexity index is 654. The summed E-state index contributed by atoms with van der Waals surface area (Å²) >= 11 is 0. The highest BCUT2D eigenvalue weighted by atomic mass is 16.4. The Balaban J connectivity index is 1.80. The van der Waals surface area contributed by atoms with Gasteiger partial charge >= 0.3 is 5.97 Å². The second-order valence-electron chi connectivity index (χ2n) is 9.44. The highest BCUT2D eigenvalue weighted by Crippen LogP contribution is 2.71. The third-order valence-corrected chi connectivity index (χ3v) is 8.55. The van der Waals surface area contributed by atoms with Crippen molar-refractivity contribution in [3.05, 3.63) is 12.2 Å². The van der Waals surface area contributed by atoms with Crippen molar-refractivity contribution < 1.29 is 19.8 Å². The molecule has 1 spiro atoms. The number of carbonyl (C=O) groups is 2. The number of carbonyl (C=O) groups excluding carboxylic acids is 1. The zero-order chi connectivity index (χ0) is 17.5. The predicted octanol–water partition coefficient (Wildman–Crippen LogP) is 3.33. The number of hydrogen-bond donors (Lipinski definition) is 2. The van der Waals surface area contributed by atoms with Crippen LogP contribution in [0, 0.1) is 28.1 Å². The first-order valence-electron chi connectivity index (χ1n) is 9.30. The first kappa shape index (κ1) is 16.3. The third kappa shape index (κ3) is 1.63. The quantitative estimate of drug-likeness (QED) is 0.722. The van der Waals surface area contributed by atoms with Crippen LogP contribution in [0.5, 0.6) is 0 Å². The van der Waals surface area contributed by atoms with Gasteiger partial charge in [0.05, 0.1) is 11.0 Å². The van der Waals surface area contributed by atoms with Gasteiger partial charge in [0.2, 0.25) is 0 Å². The molecule has 0 saturated heterocycles. The number of aliphatic hydroxyl groups is 1. The molecule has 4 aliphatic rings. The molecule has 4 saturated carbocycles. The maximum atomic E-state index is 13.1. The maximum absolute atomic E-state index is 13.1. The molecule has 4 fully saturated rings. The third-order valence-electron chi connectivity index (χ3n) is 8.55. The minimum absolute atomic E-state index is 0.0646. The summed E-state index contributed by atoms with van der Waals surface area (Å²) in [7, 11) is 0. The van der Waals surface area contributed by atoms with E-state index < -0.39 is 22.4 Å². The Morgan fingerprint density at radius 2 is 1.79 bits per heavy atom. The standard InChI is InChI=1S/C20H28O4/c1-12-15(21)19-9-5-13-17(2,7-4-8-18(13,3)16(22)23)14(19)6-10-20(12,24)11-19/h13-14,24H,1,4-11H2,2-3H3,(H,22,23)/t13-,14+,17-,18-,19-,20+/m1/s1. The zero-order valence-corrected chi connectivity index (χ0v) is 14.7. The number of aliphatic carboxylic acids is 1. The topological polar surface area (TPSA) is 74.6 Å². The zero-order valence-electron chi connectivity index (χ0n) is 14.7. The van der Waals surface area contributed by atoms with Gasteiger partial charge < -0.3 is 10.2 Å². The number of hydrogen-bond acceptors (Lipinski definition) is 3. The summed E-state index contributed by atoms with van der Waals surface area (Å²) < 4.78 is 0. The molecular weight excluding hydrogens is 304 g/mol. The van der Waals surface area contributed by atoms with E-state index in [9.17, 15) is 19.8 Å². The van der Waals surface area contributed by atoms with Crippen LogP contribution in [0.25, 0.3) is 0 Å². The molecule has 4 rings (SSSR count). The van der Waals surface area contributed by atoms with Gasteiger partial charge in [-0.2, -0.15) is 0 Å². The Morgan fingerprint density at radius 1 is 1.12 bits per heavy atom. The minimum Gasteiger partial charge on any atom is -0.481 e. The predicted molar refractivity (Wildman–Crippen MR) is 89.3 cm³/mol. The molecule has 0 unspecified atom stereocenters. The van der Waals surface area contributed by atoms with Crippen LogP contribution in [-0.4, -0.2) is 27.6 Å². The lowest BCUT2D eigenvalue weighted by Crippen LogP contribution is -2.60. The van der Waals surface area contributed by atoms with Crippen LogP contribution in [0.1, 0.15) is 65.2 Å². The van der Waals surface area contributed by atoms with Gasteiger partial charge in [0.1, 0.15) is 0 Å². The summed E-state index contributed by atoms with van der Waals surface area (Å²) in [4.78, 5) is 25.1. The van der Waals surface area contributed by atoms with Gasteiger partial charge in [-0.1, -0.05) is 19.9 Å². The van der Waals surface area contributed by atoms with Crippen molar-refractivity contribution in [2.45, 2.75) is 70.8 Å². The van der Waals surface area contributed by atoms with E-state index in [1.807, 2.05) is 6.92 Å². The van der Waals surface area contributed by atoms with Crippen molar-refractivity contribution in [1.82, 2.24) is 0 Å². The molecule has 24 heavy (non-hydrogen) atoms. The van der Waals surface area contributed by atoms with Crippen molar-refractivity contribution in [2.24, 2.45) is 28.1 Å². The summed E-state index contributed by atoms with van der Waals surface area (Å²) in [5, 5.41) is 20.7. The average molecular weight is 332 g/mol. The molecule has 2 N–H and O–H groups in total. The van der Waals surface area contributed by atoms with Gasteiger partial charge in [0.15, 0.2) is 5.78 Å². The number of fused-ring (bicyclic) bond motifs is 3. The van der Waals surface area contributed by atoms with E-state index in [-0.39, 0.29) is 23.0 Å². The summed E-state index contributed by atoms with van der Waals surface area (Å²) in [6.45, 7) is 8.06. The highest BCUT2D eigenvalue weighted by Gasteiger charge is 2.70. The fourth-order valence-electron chi connectivity index (χ4n) is 7.37. The van der Waals surface area contributed by atoms with Crippen LogP contribution >= 0.6 is 0 Å². The molecule has 0 aliphatic heterocycles. The Kier molecular flexibility index (Phi) is 3.07. The fraction of sp³-hybridized carbons (Fsp3) is 0.800. The van der Waals surface area contributed by atoms with E-state index in [4.69, 9.17) is 0 Å². The number of ketones is 1. The summed E-state index contributed by atoms with van der Waals surface area (Å²) in [6.07, 6.45) is 6.01. The summed E-state index contributed by atoms with van der Waals surface area (Å²) in [5.41, 5.74) is -1.93. The van der Waals surface area contributed by atoms with Gasteiger partial charge in [-0.25, -0.2) is 0 Å². The number of carboxylic acids is 1. The maximum Gasteiger partial charge on any atom is 0.309 e. The Hall–Kier alpha value is -1.16. The van der Waals surface area contributed by atoms with Crippen molar-refractivity contribution in [3.63, 3.8) is 0 Å². The second-order valence-corrected chi connectivity index (χ2v) is 9.44. The first-order chi connectivity index (χ1) is 11.1.